The summed E-state index contributed by atoms with van der Waals surface area (Å²) in [6, 6.07) is 2.54. The summed E-state index contributed by atoms with van der Waals surface area (Å²) in [4.78, 5) is -0.243. The van der Waals surface area contributed by atoms with Crippen molar-refractivity contribution in [1.29, 1.82) is 0 Å². The van der Waals surface area contributed by atoms with Crippen molar-refractivity contribution in [2.24, 2.45) is 5.73 Å². The minimum absolute atomic E-state index is 0.156. The molecule has 0 spiro atoms. The number of rotatable bonds is 7. The van der Waals surface area contributed by atoms with Crippen LogP contribution in [0.15, 0.2) is 21.5 Å². The molecule has 0 saturated carbocycles. The molecule has 0 bridgehead atoms. The molecular weight excluding hydrogens is 374 g/mol. The molecule has 1 aromatic carbocycles. The summed E-state index contributed by atoms with van der Waals surface area (Å²) in [7, 11) is -1.44. The number of hydrogen-bond acceptors (Lipinski definition) is 5. The van der Waals surface area contributed by atoms with Gasteiger partial charge in [0.2, 0.25) is 10.0 Å². The van der Waals surface area contributed by atoms with E-state index in [1.165, 1.54) is 26.4 Å². The van der Waals surface area contributed by atoms with Gasteiger partial charge >= 0.3 is 0 Å². The molecule has 6 nitrogen and oxygen atoms in total. The number of ether oxygens (including phenoxy) is 2. The lowest BCUT2D eigenvalue weighted by Gasteiger charge is -2.16. The summed E-state index contributed by atoms with van der Waals surface area (Å²) < 4.78 is 62.2. The third-order valence-electron chi connectivity index (χ3n) is 2.55. The second kappa shape index (κ2) is 6.86. The molecule has 10 heteroatoms. The van der Waals surface area contributed by atoms with Crippen LogP contribution in [-0.2, 0) is 10.0 Å². The first-order chi connectivity index (χ1) is 9.66. The Hall–Kier alpha value is -0.970. The van der Waals surface area contributed by atoms with Gasteiger partial charge in [-0.05, 0) is 22.0 Å². The highest BCUT2D eigenvalue weighted by atomic mass is 79.9. The molecule has 0 aliphatic rings. The molecule has 0 amide bonds. The zero-order valence-corrected chi connectivity index (χ0v) is 13.7. The van der Waals surface area contributed by atoms with E-state index in [1.54, 1.807) is 0 Å². The Morgan fingerprint density at radius 3 is 2.29 bits per heavy atom. The van der Waals surface area contributed by atoms with Gasteiger partial charge in [-0.1, -0.05) is 0 Å². The van der Waals surface area contributed by atoms with Crippen LogP contribution in [0.4, 0.5) is 8.78 Å². The Balaban J connectivity index is 3.14. The van der Waals surface area contributed by atoms with E-state index >= 15 is 0 Å². The molecular formula is C11H15BrF2N2O4S. The van der Waals surface area contributed by atoms with Gasteiger partial charge in [-0.15, -0.1) is 0 Å². The third-order valence-corrected chi connectivity index (χ3v) is 4.91. The van der Waals surface area contributed by atoms with Crippen LogP contribution >= 0.6 is 15.9 Å². The molecule has 0 saturated heterocycles. The first-order valence-corrected chi connectivity index (χ1v) is 7.93. The predicted octanol–water partition coefficient (Wildman–Crippen LogP) is 1.34. The van der Waals surface area contributed by atoms with Crippen molar-refractivity contribution in [2.75, 3.05) is 27.3 Å². The number of nitrogens with one attached hydrogen (secondary N) is 1. The van der Waals surface area contributed by atoms with Gasteiger partial charge in [0.1, 0.15) is 4.90 Å². The van der Waals surface area contributed by atoms with E-state index in [0.29, 0.717) is 5.75 Å². The zero-order chi connectivity index (χ0) is 16.3. The number of nitrogens with two attached hydrogens (primary N) is 1. The number of hydrogen-bond donors (Lipinski definition) is 2. The number of methoxy groups -OCH3 is 2. The van der Waals surface area contributed by atoms with Crippen LogP contribution < -0.4 is 19.9 Å². The topological polar surface area (TPSA) is 90.7 Å². The highest BCUT2D eigenvalue weighted by Crippen LogP contribution is 2.35. The average molecular weight is 389 g/mol. The second-order valence-electron chi connectivity index (χ2n) is 4.02. The van der Waals surface area contributed by atoms with Crippen LogP contribution in [0.2, 0.25) is 0 Å². The Kier molecular flexibility index (Phi) is 5.91. The maximum Gasteiger partial charge on any atom is 0.273 e. The van der Waals surface area contributed by atoms with Gasteiger partial charge in [-0.3, -0.25) is 0 Å². The Bertz CT molecular complexity index is 610. The van der Waals surface area contributed by atoms with Crippen molar-refractivity contribution in [3.63, 3.8) is 0 Å². The number of alkyl halides is 2. The molecule has 120 valence electrons. The smallest absolute Gasteiger partial charge is 0.273 e. The van der Waals surface area contributed by atoms with E-state index in [-0.39, 0.29) is 15.1 Å². The van der Waals surface area contributed by atoms with Crippen molar-refractivity contribution in [1.82, 2.24) is 4.72 Å². The summed E-state index contributed by atoms with van der Waals surface area (Å²) in [6.07, 6.45) is 0. The van der Waals surface area contributed by atoms with Crippen LogP contribution in [0.25, 0.3) is 0 Å². The highest BCUT2D eigenvalue weighted by Gasteiger charge is 2.30. The molecule has 0 aromatic heterocycles. The van der Waals surface area contributed by atoms with E-state index in [4.69, 9.17) is 15.2 Å². The highest BCUT2D eigenvalue weighted by molar-refractivity contribution is 9.10. The van der Waals surface area contributed by atoms with E-state index in [9.17, 15) is 17.2 Å². The van der Waals surface area contributed by atoms with Crippen LogP contribution in [0.1, 0.15) is 0 Å². The fourth-order valence-electron chi connectivity index (χ4n) is 1.39. The molecule has 21 heavy (non-hydrogen) atoms. The molecule has 0 aliphatic carbocycles. The van der Waals surface area contributed by atoms with Crippen molar-refractivity contribution in [3.05, 3.63) is 16.6 Å². The summed E-state index contributed by atoms with van der Waals surface area (Å²) >= 11 is 3.06. The van der Waals surface area contributed by atoms with Crippen LogP contribution in [-0.4, -0.2) is 41.6 Å². The zero-order valence-electron chi connectivity index (χ0n) is 11.3. The lowest BCUT2D eigenvalue weighted by Crippen LogP contribution is -2.41. The summed E-state index contributed by atoms with van der Waals surface area (Å²) in [5.74, 6) is -2.86. The van der Waals surface area contributed by atoms with E-state index in [2.05, 4.69) is 15.9 Å². The fraction of sp³-hybridized carbons (Fsp3) is 0.455. The lowest BCUT2D eigenvalue weighted by atomic mass is 10.3. The maximum atomic E-state index is 13.1. The average Bonchev–Trinajstić information content (AvgIpc) is 2.44. The van der Waals surface area contributed by atoms with E-state index in [1.807, 2.05) is 4.72 Å². The monoisotopic (exact) mass is 388 g/mol. The largest absolute Gasteiger partial charge is 0.493 e. The summed E-state index contributed by atoms with van der Waals surface area (Å²) in [5.41, 5.74) is 4.86. The van der Waals surface area contributed by atoms with Crippen LogP contribution in [0.3, 0.4) is 0 Å². The Labute approximate surface area is 129 Å². The molecule has 0 heterocycles. The molecule has 0 aliphatic heterocycles. The molecule has 0 atom stereocenters. The Morgan fingerprint density at radius 2 is 1.81 bits per heavy atom. The normalized spacial score (nSPS) is 12.3. The van der Waals surface area contributed by atoms with Gasteiger partial charge in [0.15, 0.2) is 11.5 Å². The predicted molar refractivity (Wildman–Crippen MR) is 76.4 cm³/mol. The quantitative estimate of drug-likeness (QED) is 0.735. The molecule has 0 radical (unpaired) electrons. The van der Waals surface area contributed by atoms with Crippen molar-refractivity contribution in [2.45, 2.75) is 10.8 Å². The lowest BCUT2D eigenvalue weighted by molar-refractivity contribution is 0.0170. The summed E-state index contributed by atoms with van der Waals surface area (Å²) in [6.45, 7) is -2.05. The van der Waals surface area contributed by atoms with Crippen LogP contribution in [0, 0.1) is 0 Å². The molecule has 1 rings (SSSR count). The standard InChI is InChI=1S/C11H15BrF2N2O4S/c1-19-8-3-7(12)10(4-9(8)20-2)21(17,18)16-6-11(13,14)5-15/h3-4,16H,5-6,15H2,1-2H3. The van der Waals surface area contributed by atoms with Crippen molar-refractivity contribution in [3.8, 4) is 11.5 Å². The minimum atomic E-state index is -4.16. The fourth-order valence-corrected chi connectivity index (χ4v) is 3.49. The van der Waals surface area contributed by atoms with Gasteiger partial charge in [0, 0.05) is 10.5 Å². The molecule has 3 N–H and O–H groups in total. The minimum Gasteiger partial charge on any atom is -0.493 e. The van der Waals surface area contributed by atoms with Crippen LogP contribution in [0.5, 0.6) is 11.5 Å². The molecule has 0 fully saturated rings. The van der Waals surface area contributed by atoms with Gasteiger partial charge in [0.25, 0.3) is 5.92 Å². The SMILES string of the molecule is COc1cc(Br)c(S(=O)(=O)NCC(F)(F)CN)cc1OC. The maximum absolute atomic E-state index is 13.1. The van der Waals surface area contributed by atoms with Gasteiger partial charge in [0.05, 0.1) is 27.3 Å². The number of benzene rings is 1. The van der Waals surface area contributed by atoms with Crippen molar-refractivity contribution >= 4 is 26.0 Å². The number of sulfonamides is 1. The van der Waals surface area contributed by atoms with E-state index in [0.717, 1.165) is 0 Å². The molecule has 0 unspecified atom stereocenters. The van der Waals surface area contributed by atoms with Gasteiger partial charge in [-0.25, -0.2) is 21.9 Å². The first-order valence-electron chi connectivity index (χ1n) is 5.66. The van der Waals surface area contributed by atoms with Gasteiger partial charge < -0.3 is 15.2 Å². The first kappa shape index (κ1) is 18.1. The van der Waals surface area contributed by atoms with Gasteiger partial charge in [-0.2, -0.15) is 0 Å². The number of halogens is 3. The van der Waals surface area contributed by atoms with Crippen molar-refractivity contribution < 1.29 is 26.7 Å². The summed E-state index contributed by atoms with van der Waals surface area (Å²) in [5, 5.41) is 0. The second-order valence-corrected chi connectivity index (χ2v) is 6.61. The molecule has 1 aromatic rings. The third kappa shape index (κ3) is 4.50. The van der Waals surface area contributed by atoms with E-state index < -0.39 is 29.0 Å². The Morgan fingerprint density at radius 1 is 1.29 bits per heavy atom.